The third-order valence-electron chi connectivity index (χ3n) is 3.61. The summed E-state index contributed by atoms with van der Waals surface area (Å²) in [6.07, 6.45) is 0. The molecule has 0 unspecified atom stereocenters. The van der Waals surface area contributed by atoms with Gasteiger partial charge in [-0.1, -0.05) is 48.0 Å². The highest BCUT2D eigenvalue weighted by atomic mass is 16.2. The van der Waals surface area contributed by atoms with E-state index in [1.54, 1.807) is 0 Å². The van der Waals surface area contributed by atoms with Gasteiger partial charge in [-0.2, -0.15) is 0 Å². The van der Waals surface area contributed by atoms with Gasteiger partial charge >= 0.3 is 0 Å². The van der Waals surface area contributed by atoms with Crippen LogP contribution >= 0.6 is 0 Å². The molecule has 3 aromatic carbocycles. The molecule has 0 atom stereocenters. The van der Waals surface area contributed by atoms with Gasteiger partial charge in [0.2, 0.25) is 5.43 Å². The van der Waals surface area contributed by atoms with Crippen LogP contribution in [-0.4, -0.2) is 0 Å². The first kappa shape index (κ1) is 13.3. The number of nitrogens with one attached hydrogen (secondary N) is 1. The number of anilines is 2. The molecule has 3 nitrogen and oxygen atoms in total. The summed E-state index contributed by atoms with van der Waals surface area (Å²) in [6.45, 7) is 3.99. The van der Waals surface area contributed by atoms with E-state index in [1.165, 1.54) is 0 Å². The number of rotatable bonds is 3. The van der Waals surface area contributed by atoms with Gasteiger partial charge in [0.25, 0.3) is 5.43 Å². The lowest BCUT2D eigenvalue weighted by molar-refractivity contribution is 1.33. The van der Waals surface area contributed by atoms with Crippen molar-refractivity contribution in [1.29, 1.82) is 0 Å². The van der Waals surface area contributed by atoms with Gasteiger partial charge in [-0.3, -0.25) is 9.59 Å². The van der Waals surface area contributed by atoms with Crippen molar-refractivity contribution in [3.63, 3.8) is 0 Å². The zero-order valence-electron chi connectivity index (χ0n) is 11.9. The van der Waals surface area contributed by atoms with E-state index in [1.807, 2.05) is 62.4 Å². The fourth-order valence-electron chi connectivity index (χ4n) is 2.48. The quantitative estimate of drug-likeness (QED) is 0.747. The van der Waals surface area contributed by atoms with E-state index in [0.29, 0.717) is 11.3 Å². The Bertz CT molecular complexity index is 872. The van der Waals surface area contributed by atoms with Crippen molar-refractivity contribution in [2.45, 2.75) is 13.8 Å². The molecule has 0 heterocycles. The zero-order chi connectivity index (χ0) is 15.0. The Balaban J connectivity index is 2.03. The summed E-state index contributed by atoms with van der Waals surface area (Å²) >= 11 is 0. The van der Waals surface area contributed by atoms with Crippen molar-refractivity contribution in [2.75, 3.05) is 5.32 Å². The maximum atomic E-state index is 11.9. The number of benzene rings is 2. The molecule has 0 aliphatic carbocycles. The average molecular weight is 277 g/mol. The van der Waals surface area contributed by atoms with Gasteiger partial charge in [0.05, 0.1) is 5.56 Å². The topological polar surface area (TPSA) is 46.2 Å². The van der Waals surface area contributed by atoms with Crippen molar-refractivity contribution in [1.82, 2.24) is 0 Å². The third-order valence-corrected chi connectivity index (χ3v) is 3.61. The van der Waals surface area contributed by atoms with E-state index in [-0.39, 0.29) is 0 Å². The summed E-state index contributed by atoms with van der Waals surface area (Å²) in [7, 11) is 0. The molecule has 104 valence electrons. The first-order chi connectivity index (χ1) is 10.1. The Kier molecular flexibility index (Phi) is 3.18. The summed E-state index contributed by atoms with van der Waals surface area (Å²) in [5.41, 5.74) is 3.81. The van der Waals surface area contributed by atoms with Gasteiger partial charge in [0, 0.05) is 5.69 Å². The molecular formula is C18H15NO2. The van der Waals surface area contributed by atoms with Crippen molar-refractivity contribution in [2.24, 2.45) is 0 Å². The van der Waals surface area contributed by atoms with Crippen molar-refractivity contribution >= 4 is 11.4 Å². The minimum absolute atomic E-state index is 0.387. The molecule has 0 aliphatic rings. The molecule has 0 radical (unpaired) electrons. The van der Waals surface area contributed by atoms with Crippen LogP contribution in [0.2, 0.25) is 0 Å². The molecular weight excluding hydrogens is 262 g/mol. The molecule has 0 spiro atoms. The Hall–Kier alpha value is -2.68. The highest BCUT2D eigenvalue weighted by molar-refractivity contribution is 5.85. The monoisotopic (exact) mass is 277 g/mol. The van der Waals surface area contributed by atoms with E-state index in [0.717, 1.165) is 22.4 Å². The van der Waals surface area contributed by atoms with Gasteiger partial charge in [-0.15, -0.1) is 0 Å². The minimum Gasteiger partial charge on any atom is -0.351 e. The molecule has 21 heavy (non-hydrogen) atoms. The van der Waals surface area contributed by atoms with Crippen LogP contribution in [-0.2, 0) is 0 Å². The average Bonchev–Trinajstić information content (AvgIpc) is 2.49. The molecule has 0 saturated heterocycles. The number of aryl methyl sites for hydroxylation is 2. The zero-order valence-corrected chi connectivity index (χ0v) is 11.9. The Morgan fingerprint density at radius 2 is 1.57 bits per heavy atom. The first-order valence-corrected chi connectivity index (χ1v) is 6.81. The summed E-state index contributed by atoms with van der Waals surface area (Å²) in [5.74, 6) is 0. The van der Waals surface area contributed by atoms with Crippen LogP contribution in [0.25, 0.3) is 11.1 Å². The molecule has 0 bridgehead atoms. The molecule has 0 saturated carbocycles. The largest absolute Gasteiger partial charge is 0.351 e. The molecule has 0 aliphatic heterocycles. The lowest BCUT2D eigenvalue weighted by Crippen LogP contribution is -2.35. The maximum absolute atomic E-state index is 11.9. The van der Waals surface area contributed by atoms with Crippen LogP contribution in [0.1, 0.15) is 11.1 Å². The van der Waals surface area contributed by atoms with Crippen LogP contribution in [0.5, 0.6) is 0 Å². The molecule has 3 heteroatoms. The second-order valence-electron chi connectivity index (χ2n) is 5.22. The fraction of sp³-hybridized carbons (Fsp3) is 0.111. The van der Waals surface area contributed by atoms with E-state index in [9.17, 15) is 9.59 Å². The number of hydrogen-bond acceptors (Lipinski definition) is 3. The molecule has 3 rings (SSSR count). The minimum atomic E-state index is -0.450. The summed E-state index contributed by atoms with van der Waals surface area (Å²) < 4.78 is 0. The van der Waals surface area contributed by atoms with Crippen molar-refractivity contribution in [3.05, 3.63) is 80.1 Å². The molecule has 0 fully saturated rings. The van der Waals surface area contributed by atoms with Crippen LogP contribution in [0.3, 0.4) is 0 Å². The summed E-state index contributed by atoms with van der Waals surface area (Å²) in [4.78, 5) is 23.7. The van der Waals surface area contributed by atoms with Crippen LogP contribution in [0, 0.1) is 13.8 Å². The summed E-state index contributed by atoms with van der Waals surface area (Å²) in [6, 6.07) is 15.2. The number of hydrogen-bond donors (Lipinski definition) is 1. The maximum Gasteiger partial charge on any atom is 0.250 e. The third kappa shape index (κ3) is 2.27. The lowest BCUT2D eigenvalue weighted by atomic mass is 9.98. The van der Waals surface area contributed by atoms with Crippen LogP contribution in [0.4, 0.5) is 11.4 Å². The van der Waals surface area contributed by atoms with Gasteiger partial charge in [0.1, 0.15) is 5.69 Å². The first-order valence-electron chi connectivity index (χ1n) is 6.81. The second-order valence-corrected chi connectivity index (χ2v) is 5.22. The van der Waals surface area contributed by atoms with E-state index in [2.05, 4.69) is 5.32 Å². The van der Waals surface area contributed by atoms with Crippen LogP contribution in [0.15, 0.2) is 58.1 Å². The molecule has 0 amide bonds. The second kappa shape index (κ2) is 5.02. The smallest absolute Gasteiger partial charge is 0.250 e. The van der Waals surface area contributed by atoms with Gasteiger partial charge in [-0.25, -0.2) is 0 Å². The van der Waals surface area contributed by atoms with Gasteiger partial charge in [-0.05, 0) is 31.0 Å². The predicted octanol–water partition coefficient (Wildman–Crippen LogP) is 3.31. The highest BCUT2D eigenvalue weighted by Crippen LogP contribution is 2.27. The molecule has 0 aromatic heterocycles. The highest BCUT2D eigenvalue weighted by Gasteiger charge is 2.22. The van der Waals surface area contributed by atoms with Gasteiger partial charge < -0.3 is 5.32 Å². The standard InChI is InChI=1S/C18H15NO2/c1-11-8-9-14(12(2)10-11)19-16-15(17(20)18(16)21)13-6-4-3-5-7-13/h3-10,19H,1-2H3. The van der Waals surface area contributed by atoms with E-state index in [4.69, 9.17) is 0 Å². The Morgan fingerprint density at radius 1 is 0.857 bits per heavy atom. The SMILES string of the molecule is Cc1ccc(Nc2c(-c3ccccc3)c(=O)c2=O)c(C)c1. The van der Waals surface area contributed by atoms with Gasteiger partial charge in [0.15, 0.2) is 0 Å². The van der Waals surface area contributed by atoms with Crippen LogP contribution < -0.4 is 16.2 Å². The van der Waals surface area contributed by atoms with Crippen molar-refractivity contribution < 1.29 is 0 Å². The lowest BCUT2D eigenvalue weighted by Gasteiger charge is -2.15. The molecule has 1 N–H and O–H groups in total. The van der Waals surface area contributed by atoms with E-state index < -0.39 is 10.9 Å². The normalized spacial score (nSPS) is 10.8. The van der Waals surface area contributed by atoms with Crippen molar-refractivity contribution in [3.8, 4) is 11.1 Å². The Morgan fingerprint density at radius 3 is 2.24 bits per heavy atom. The molecule has 3 aromatic rings. The summed E-state index contributed by atoms with van der Waals surface area (Å²) in [5, 5.41) is 3.11. The predicted molar refractivity (Wildman–Crippen MR) is 86.0 cm³/mol. The Labute approximate surface area is 122 Å². The van der Waals surface area contributed by atoms with E-state index >= 15 is 0 Å². The fourth-order valence-corrected chi connectivity index (χ4v) is 2.48.